The zero-order chi connectivity index (χ0) is 12.3. The number of anilines is 1. The van der Waals surface area contributed by atoms with Gasteiger partial charge in [-0.15, -0.1) is 0 Å². The summed E-state index contributed by atoms with van der Waals surface area (Å²) in [4.78, 5) is 8.20. The maximum absolute atomic E-state index is 5.66. The predicted molar refractivity (Wildman–Crippen MR) is 64.2 cm³/mol. The molecule has 0 bridgehead atoms. The third kappa shape index (κ3) is 2.63. The molecule has 0 unspecified atom stereocenters. The second kappa shape index (κ2) is 4.69. The monoisotopic (exact) mass is 231 g/mol. The lowest BCUT2D eigenvalue weighted by atomic mass is 10.3. The number of benzene rings is 1. The first-order chi connectivity index (χ1) is 8.19. The standard InChI is InChI=1S/C12H13N3O2/c1-8-6-14-7-12(15-8)17-10-4-3-9(13)5-11(10)16-2/h3-7H,13H2,1-2H3. The molecule has 0 atom stereocenters. The molecule has 2 N–H and O–H groups in total. The molecule has 88 valence electrons. The molecule has 2 rings (SSSR count). The molecule has 0 saturated heterocycles. The Morgan fingerprint density at radius 3 is 2.71 bits per heavy atom. The number of hydrogen-bond acceptors (Lipinski definition) is 5. The van der Waals surface area contributed by atoms with Crippen molar-refractivity contribution in [3.63, 3.8) is 0 Å². The van der Waals surface area contributed by atoms with Gasteiger partial charge in [0.1, 0.15) is 0 Å². The number of nitrogens with two attached hydrogens (primary N) is 1. The Hall–Kier alpha value is -2.30. The number of nitrogen functional groups attached to an aromatic ring is 1. The Balaban J connectivity index is 2.29. The summed E-state index contributed by atoms with van der Waals surface area (Å²) in [6.07, 6.45) is 3.20. The molecule has 1 aromatic heterocycles. The summed E-state index contributed by atoms with van der Waals surface area (Å²) in [6, 6.07) is 5.16. The van der Waals surface area contributed by atoms with Crippen molar-refractivity contribution < 1.29 is 9.47 Å². The van der Waals surface area contributed by atoms with Gasteiger partial charge in [-0.2, -0.15) is 0 Å². The van der Waals surface area contributed by atoms with Crippen LogP contribution in [-0.2, 0) is 0 Å². The fourth-order valence-corrected chi connectivity index (χ4v) is 1.37. The van der Waals surface area contributed by atoms with Gasteiger partial charge in [0, 0.05) is 18.0 Å². The predicted octanol–water partition coefficient (Wildman–Crippen LogP) is 2.17. The molecule has 0 saturated carbocycles. The van der Waals surface area contributed by atoms with Crippen molar-refractivity contribution in [3.05, 3.63) is 36.3 Å². The Morgan fingerprint density at radius 1 is 1.18 bits per heavy atom. The summed E-state index contributed by atoms with van der Waals surface area (Å²) in [6.45, 7) is 1.85. The molecule has 1 heterocycles. The second-order valence-electron chi connectivity index (χ2n) is 3.51. The van der Waals surface area contributed by atoms with Crippen LogP contribution in [0.4, 0.5) is 5.69 Å². The molecular formula is C12H13N3O2. The average molecular weight is 231 g/mol. The number of ether oxygens (including phenoxy) is 2. The lowest BCUT2D eigenvalue weighted by Crippen LogP contribution is -1.95. The first kappa shape index (κ1) is 11.2. The minimum atomic E-state index is 0.424. The van der Waals surface area contributed by atoms with E-state index in [2.05, 4.69) is 9.97 Å². The van der Waals surface area contributed by atoms with E-state index in [0.717, 1.165) is 5.69 Å². The largest absolute Gasteiger partial charge is 0.493 e. The second-order valence-corrected chi connectivity index (χ2v) is 3.51. The third-order valence-corrected chi connectivity index (χ3v) is 2.14. The van der Waals surface area contributed by atoms with E-state index in [9.17, 15) is 0 Å². The van der Waals surface area contributed by atoms with Gasteiger partial charge in [-0.25, -0.2) is 4.98 Å². The van der Waals surface area contributed by atoms with E-state index in [-0.39, 0.29) is 0 Å². The van der Waals surface area contributed by atoms with E-state index >= 15 is 0 Å². The molecular weight excluding hydrogens is 218 g/mol. The Morgan fingerprint density at radius 2 is 2.00 bits per heavy atom. The van der Waals surface area contributed by atoms with E-state index in [1.165, 1.54) is 0 Å². The van der Waals surface area contributed by atoms with Crippen LogP contribution in [-0.4, -0.2) is 17.1 Å². The fraction of sp³-hybridized carbons (Fsp3) is 0.167. The van der Waals surface area contributed by atoms with Gasteiger partial charge >= 0.3 is 0 Å². The lowest BCUT2D eigenvalue weighted by molar-refractivity contribution is 0.373. The number of aryl methyl sites for hydroxylation is 1. The van der Waals surface area contributed by atoms with Crippen LogP contribution in [0.3, 0.4) is 0 Å². The molecule has 0 amide bonds. The van der Waals surface area contributed by atoms with Gasteiger partial charge < -0.3 is 15.2 Å². The molecule has 5 nitrogen and oxygen atoms in total. The van der Waals surface area contributed by atoms with Crippen molar-refractivity contribution in [1.29, 1.82) is 0 Å². The third-order valence-electron chi connectivity index (χ3n) is 2.14. The SMILES string of the molecule is COc1cc(N)ccc1Oc1cncc(C)n1. The van der Waals surface area contributed by atoms with Gasteiger partial charge in [0.15, 0.2) is 11.5 Å². The quantitative estimate of drug-likeness (QED) is 0.820. The Labute approximate surface area is 99.2 Å². The summed E-state index contributed by atoms with van der Waals surface area (Å²) >= 11 is 0. The number of nitrogens with zero attached hydrogens (tertiary/aromatic N) is 2. The zero-order valence-corrected chi connectivity index (χ0v) is 9.68. The van der Waals surface area contributed by atoms with Crippen LogP contribution in [0, 0.1) is 6.92 Å². The summed E-state index contributed by atoms with van der Waals surface area (Å²) in [5.74, 6) is 1.54. The van der Waals surface area contributed by atoms with Crippen LogP contribution in [0.1, 0.15) is 5.69 Å². The number of hydrogen-bond donors (Lipinski definition) is 1. The summed E-state index contributed by atoms with van der Waals surface area (Å²) < 4.78 is 10.8. The van der Waals surface area contributed by atoms with Crippen LogP contribution in [0.15, 0.2) is 30.6 Å². The maximum Gasteiger partial charge on any atom is 0.238 e. The maximum atomic E-state index is 5.66. The van der Waals surface area contributed by atoms with E-state index in [1.807, 2.05) is 6.92 Å². The Bertz CT molecular complexity index is 529. The molecule has 0 spiro atoms. The highest BCUT2D eigenvalue weighted by Gasteiger charge is 2.07. The molecule has 2 aromatic rings. The van der Waals surface area contributed by atoms with Crippen LogP contribution in [0.2, 0.25) is 0 Å². The van der Waals surface area contributed by atoms with Gasteiger partial charge in [0.25, 0.3) is 0 Å². The highest BCUT2D eigenvalue weighted by molar-refractivity contribution is 5.52. The van der Waals surface area contributed by atoms with Crippen LogP contribution in [0.5, 0.6) is 17.4 Å². The van der Waals surface area contributed by atoms with E-state index < -0.39 is 0 Å². The molecule has 0 radical (unpaired) electrons. The van der Waals surface area contributed by atoms with E-state index in [4.69, 9.17) is 15.2 Å². The van der Waals surface area contributed by atoms with Crippen molar-refractivity contribution >= 4 is 5.69 Å². The number of methoxy groups -OCH3 is 1. The van der Waals surface area contributed by atoms with Crippen molar-refractivity contribution in [2.75, 3.05) is 12.8 Å². The van der Waals surface area contributed by atoms with Crippen molar-refractivity contribution in [3.8, 4) is 17.4 Å². The molecule has 0 aliphatic heterocycles. The van der Waals surface area contributed by atoms with Gasteiger partial charge in [-0.05, 0) is 19.1 Å². The smallest absolute Gasteiger partial charge is 0.238 e. The van der Waals surface area contributed by atoms with Crippen molar-refractivity contribution in [2.45, 2.75) is 6.92 Å². The van der Waals surface area contributed by atoms with Crippen molar-refractivity contribution in [1.82, 2.24) is 9.97 Å². The van der Waals surface area contributed by atoms with Gasteiger partial charge in [-0.3, -0.25) is 4.98 Å². The number of aromatic nitrogens is 2. The normalized spacial score (nSPS) is 10.0. The topological polar surface area (TPSA) is 70.3 Å². The average Bonchev–Trinajstić information content (AvgIpc) is 2.31. The first-order valence-corrected chi connectivity index (χ1v) is 5.09. The first-order valence-electron chi connectivity index (χ1n) is 5.09. The minimum absolute atomic E-state index is 0.424. The Kier molecular flexibility index (Phi) is 3.09. The van der Waals surface area contributed by atoms with Gasteiger partial charge in [0.2, 0.25) is 5.88 Å². The molecule has 1 aromatic carbocycles. The molecule has 0 aliphatic carbocycles. The molecule has 5 heteroatoms. The summed E-state index contributed by atoms with van der Waals surface area (Å²) in [5.41, 5.74) is 7.06. The molecule has 17 heavy (non-hydrogen) atoms. The van der Waals surface area contributed by atoms with Gasteiger partial charge in [0.05, 0.1) is 19.0 Å². The highest BCUT2D eigenvalue weighted by atomic mass is 16.5. The van der Waals surface area contributed by atoms with Crippen LogP contribution < -0.4 is 15.2 Å². The molecule has 0 fully saturated rings. The highest BCUT2D eigenvalue weighted by Crippen LogP contribution is 2.31. The summed E-state index contributed by atoms with van der Waals surface area (Å²) in [7, 11) is 1.56. The van der Waals surface area contributed by atoms with E-state index in [1.54, 1.807) is 37.7 Å². The summed E-state index contributed by atoms with van der Waals surface area (Å²) in [5, 5.41) is 0. The number of rotatable bonds is 3. The van der Waals surface area contributed by atoms with Crippen LogP contribution in [0.25, 0.3) is 0 Å². The molecule has 0 aliphatic rings. The lowest BCUT2D eigenvalue weighted by Gasteiger charge is -2.09. The van der Waals surface area contributed by atoms with Crippen LogP contribution >= 0.6 is 0 Å². The fourth-order valence-electron chi connectivity index (χ4n) is 1.37. The van der Waals surface area contributed by atoms with Crippen molar-refractivity contribution in [2.24, 2.45) is 0 Å². The van der Waals surface area contributed by atoms with Gasteiger partial charge in [-0.1, -0.05) is 0 Å². The minimum Gasteiger partial charge on any atom is -0.493 e. The van der Waals surface area contributed by atoms with E-state index in [0.29, 0.717) is 23.1 Å². The zero-order valence-electron chi connectivity index (χ0n) is 9.68.